The smallest absolute Gasteiger partial charge is 0.333 e. The van der Waals surface area contributed by atoms with Crippen LogP contribution in [0.5, 0.6) is 0 Å². The van der Waals surface area contributed by atoms with Crippen molar-refractivity contribution >= 4 is 17.7 Å². The van der Waals surface area contributed by atoms with E-state index in [4.69, 9.17) is 14.6 Å². The van der Waals surface area contributed by atoms with Crippen molar-refractivity contribution in [3.8, 4) is 0 Å². The first-order valence-corrected chi connectivity index (χ1v) is 9.53. The second-order valence-corrected chi connectivity index (χ2v) is 6.65. The number of carbonyl (C=O) groups is 2. The Bertz CT molecular complexity index is 638. The molecule has 154 valence electrons. The number of urea groups is 1. The predicted octanol–water partition coefficient (Wildman–Crippen LogP) is 2.89. The molecule has 1 aliphatic rings. The summed E-state index contributed by atoms with van der Waals surface area (Å²) in [6, 6.07) is 8.84. The number of allylic oxidation sites excluding steroid dienone is 2. The van der Waals surface area contributed by atoms with Crippen molar-refractivity contribution in [3.63, 3.8) is 0 Å². The Morgan fingerprint density at radius 3 is 2.79 bits per heavy atom. The van der Waals surface area contributed by atoms with Crippen LogP contribution in [-0.2, 0) is 14.3 Å². The van der Waals surface area contributed by atoms with E-state index in [9.17, 15) is 9.59 Å². The first-order valence-electron chi connectivity index (χ1n) is 9.53. The number of ether oxygens (including phenoxy) is 2. The van der Waals surface area contributed by atoms with E-state index in [-0.39, 0.29) is 30.8 Å². The Balaban J connectivity index is 1.71. The lowest BCUT2D eigenvalue weighted by Crippen LogP contribution is -2.49. The molecule has 0 spiro atoms. The first kappa shape index (κ1) is 21.9. The van der Waals surface area contributed by atoms with Crippen LogP contribution in [0.4, 0.5) is 10.5 Å². The average molecular weight is 391 g/mol. The van der Waals surface area contributed by atoms with E-state index in [0.717, 1.165) is 12.8 Å². The fourth-order valence-corrected chi connectivity index (χ4v) is 2.87. The normalized spacial score (nSPS) is 22.1. The van der Waals surface area contributed by atoms with Crippen molar-refractivity contribution in [2.75, 3.05) is 18.5 Å². The van der Waals surface area contributed by atoms with Crippen LogP contribution in [-0.4, -0.2) is 42.7 Å². The highest BCUT2D eigenvalue weighted by atomic mass is 16.7. The second-order valence-electron chi connectivity index (χ2n) is 6.65. The number of benzene rings is 1. The van der Waals surface area contributed by atoms with Crippen molar-refractivity contribution < 1.29 is 24.2 Å². The molecule has 2 amide bonds. The highest BCUT2D eigenvalue weighted by Crippen LogP contribution is 2.21. The Hall–Kier alpha value is -2.42. The molecule has 0 saturated carbocycles. The van der Waals surface area contributed by atoms with Gasteiger partial charge in [-0.15, -0.1) is 0 Å². The van der Waals surface area contributed by atoms with E-state index >= 15 is 0 Å². The van der Waals surface area contributed by atoms with Crippen LogP contribution < -0.4 is 16.2 Å². The molecule has 0 aromatic heterocycles. The van der Waals surface area contributed by atoms with Gasteiger partial charge >= 0.3 is 12.0 Å². The number of unbranched alkanes of at least 4 members (excludes halogenated alkanes) is 1. The maximum atomic E-state index is 11.9. The minimum Gasteiger partial charge on any atom is -0.481 e. The van der Waals surface area contributed by atoms with E-state index in [1.54, 1.807) is 0 Å². The molecule has 1 fully saturated rings. The molecule has 0 radical (unpaired) electrons. The molecular formula is C20H29N3O5. The Kier molecular flexibility index (Phi) is 9.47. The number of para-hydroxylation sites is 1. The Morgan fingerprint density at radius 2 is 2.04 bits per heavy atom. The molecular weight excluding hydrogens is 362 g/mol. The van der Waals surface area contributed by atoms with Crippen molar-refractivity contribution in [3.05, 3.63) is 42.5 Å². The van der Waals surface area contributed by atoms with Crippen molar-refractivity contribution in [1.29, 1.82) is 0 Å². The molecule has 1 aliphatic heterocycles. The zero-order valence-corrected chi connectivity index (χ0v) is 16.1. The van der Waals surface area contributed by atoms with Crippen molar-refractivity contribution in [2.24, 2.45) is 5.92 Å². The van der Waals surface area contributed by atoms with E-state index in [0.29, 0.717) is 25.3 Å². The van der Waals surface area contributed by atoms with Gasteiger partial charge in [0.1, 0.15) is 0 Å². The molecule has 1 aromatic rings. The number of aliphatic carboxylic acids is 1. The summed E-state index contributed by atoms with van der Waals surface area (Å²) < 4.78 is 11.4. The highest BCUT2D eigenvalue weighted by Gasteiger charge is 2.29. The summed E-state index contributed by atoms with van der Waals surface area (Å²) in [6.07, 6.45) is 5.95. The fraction of sp³-hybridized carbons (Fsp3) is 0.500. The van der Waals surface area contributed by atoms with Gasteiger partial charge in [-0.2, -0.15) is 0 Å². The molecule has 0 bridgehead atoms. The van der Waals surface area contributed by atoms with Gasteiger partial charge in [-0.05, 0) is 38.3 Å². The molecule has 28 heavy (non-hydrogen) atoms. The third-order valence-corrected chi connectivity index (χ3v) is 4.34. The number of anilines is 1. The molecule has 1 saturated heterocycles. The van der Waals surface area contributed by atoms with Crippen LogP contribution in [0.3, 0.4) is 0 Å². The van der Waals surface area contributed by atoms with Gasteiger partial charge < -0.3 is 19.9 Å². The number of amides is 2. The molecule has 0 unspecified atom stereocenters. The molecule has 4 N–H and O–H groups in total. The maximum absolute atomic E-state index is 11.9. The fourth-order valence-electron chi connectivity index (χ4n) is 2.87. The van der Waals surface area contributed by atoms with Crippen molar-refractivity contribution in [2.45, 2.75) is 45.0 Å². The largest absolute Gasteiger partial charge is 0.481 e. The Labute approximate surface area is 165 Å². The lowest BCUT2D eigenvalue weighted by atomic mass is 9.97. The lowest BCUT2D eigenvalue weighted by Gasteiger charge is -2.35. The predicted molar refractivity (Wildman–Crippen MR) is 106 cm³/mol. The summed E-state index contributed by atoms with van der Waals surface area (Å²) in [5, 5.41) is 11.4. The lowest BCUT2D eigenvalue weighted by molar-refractivity contribution is -0.225. The molecule has 1 aromatic carbocycles. The van der Waals surface area contributed by atoms with Gasteiger partial charge in [0, 0.05) is 24.6 Å². The zero-order chi connectivity index (χ0) is 20.2. The molecule has 8 nitrogen and oxygen atoms in total. The highest BCUT2D eigenvalue weighted by molar-refractivity contribution is 5.88. The van der Waals surface area contributed by atoms with Gasteiger partial charge in [-0.1, -0.05) is 30.4 Å². The third-order valence-electron chi connectivity index (χ3n) is 4.34. The van der Waals surface area contributed by atoms with Crippen LogP contribution in [0.25, 0.3) is 0 Å². The number of hydrogen-bond acceptors (Lipinski definition) is 5. The minimum atomic E-state index is -0.772. The average Bonchev–Trinajstić information content (AvgIpc) is 2.66. The summed E-state index contributed by atoms with van der Waals surface area (Å²) in [6.45, 7) is 2.87. The third kappa shape index (κ3) is 8.51. The minimum absolute atomic E-state index is 0.107. The van der Waals surface area contributed by atoms with Gasteiger partial charge in [0.25, 0.3) is 0 Å². The van der Waals surface area contributed by atoms with Crippen LogP contribution >= 0.6 is 0 Å². The molecule has 0 aliphatic carbocycles. The van der Waals surface area contributed by atoms with Crippen LogP contribution in [0.1, 0.15) is 32.6 Å². The number of hydrogen-bond donors (Lipinski definition) is 4. The monoisotopic (exact) mass is 391 g/mol. The molecule has 8 heteroatoms. The molecule has 3 atom stereocenters. The van der Waals surface area contributed by atoms with Gasteiger partial charge in [0.05, 0.1) is 12.7 Å². The SMILES string of the molecule is C[C@@H]1OC[C@H](CC=CCCCC(=O)O)[C@H](CNNC(=O)Nc2ccccc2)O1. The Morgan fingerprint density at radius 1 is 1.25 bits per heavy atom. The zero-order valence-electron chi connectivity index (χ0n) is 16.1. The van der Waals surface area contributed by atoms with Crippen LogP contribution in [0.2, 0.25) is 0 Å². The molecule has 2 rings (SSSR count). The standard InChI is InChI=1S/C20H29N3O5/c1-15-27-14-16(9-5-2-3-8-12-19(24)25)18(28-15)13-21-23-20(26)22-17-10-6-4-7-11-17/h2,4-7,10-11,15-16,18,21H,3,8-9,12-14H2,1H3,(H,24,25)(H2,22,23,26)/t15-,16+,18+/m1/s1. The number of hydrazine groups is 1. The van der Waals surface area contributed by atoms with Crippen LogP contribution in [0.15, 0.2) is 42.5 Å². The summed E-state index contributed by atoms with van der Waals surface area (Å²) in [5.41, 5.74) is 6.24. The number of nitrogens with one attached hydrogen (secondary N) is 3. The number of carboxylic acid groups (broad SMARTS) is 1. The van der Waals surface area contributed by atoms with E-state index in [2.05, 4.69) is 16.2 Å². The van der Waals surface area contributed by atoms with Gasteiger partial charge in [-0.25, -0.2) is 10.2 Å². The van der Waals surface area contributed by atoms with E-state index in [1.807, 2.05) is 49.4 Å². The topological polar surface area (TPSA) is 109 Å². The number of rotatable bonds is 10. The van der Waals surface area contributed by atoms with Gasteiger partial charge in [0.15, 0.2) is 6.29 Å². The second kappa shape index (κ2) is 12.1. The quantitative estimate of drug-likeness (QED) is 0.277. The van der Waals surface area contributed by atoms with Crippen molar-refractivity contribution in [1.82, 2.24) is 10.9 Å². The van der Waals surface area contributed by atoms with E-state index < -0.39 is 5.97 Å². The summed E-state index contributed by atoms with van der Waals surface area (Å²) >= 11 is 0. The van der Waals surface area contributed by atoms with Gasteiger partial charge in [0.2, 0.25) is 0 Å². The summed E-state index contributed by atoms with van der Waals surface area (Å²) in [5.74, 6) is -0.621. The maximum Gasteiger partial charge on any atom is 0.333 e. The number of carbonyl (C=O) groups excluding carboxylic acids is 1. The molecule has 1 heterocycles. The first-order chi connectivity index (χ1) is 13.5. The van der Waals surface area contributed by atoms with E-state index in [1.165, 1.54) is 0 Å². The summed E-state index contributed by atoms with van der Waals surface area (Å²) in [4.78, 5) is 22.4. The number of carboxylic acids is 1. The van der Waals surface area contributed by atoms with Gasteiger partial charge in [-0.3, -0.25) is 10.2 Å². The van der Waals surface area contributed by atoms with Crippen LogP contribution in [0, 0.1) is 5.92 Å². The summed E-state index contributed by atoms with van der Waals surface area (Å²) in [7, 11) is 0.